The fraction of sp³-hybridized carbons (Fsp3) is 0.462. The lowest BCUT2D eigenvalue weighted by atomic mass is 10.3. The second-order valence-corrected chi connectivity index (χ2v) is 4.81. The summed E-state index contributed by atoms with van der Waals surface area (Å²) >= 11 is 0. The first kappa shape index (κ1) is 15.2. The Balaban J connectivity index is 1.86. The van der Waals surface area contributed by atoms with Crippen molar-refractivity contribution < 1.29 is 14.5 Å². The van der Waals surface area contributed by atoms with Crippen molar-refractivity contribution in [2.45, 2.75) is 6.10 Å². The third-order valence-corrected chi connectivity index (χ3v) is 3.16. The van der Waals surface area contributed by atoms with Crippen molar-refractivity contribution in [3.63, 3.8) is 0 Å². The van der Waals surface area contributed by atoms with Gasteiger partial charge < -0.3 is 20.3 Å². The summed E-state index contributed by atoms with van der Waals surface area (Å²) < 4.78 is 5.53. The molecule has 0 aromatic heterocycles. The van der Waals surface area contributed by atoms with E-state index in [0.717, 1.165) is 13.1 Å². The summed E-state index contributed by atoms with van der Waals surface area (Å²) in [4.78, 5) is 23.6. The van der Waals surface area contributed by atoms with Gasteiger partial charge in [-0.25, -0.2) is 4.79 Å². The molecule has 1 aliphatic heterocycles. The number of amides is 2. The zero-order valence-electron chi connectivity index (χ0n) is 11.7. The van der Waals surface area contributed by atoms with Crippen LogP contribution in [0.25, 0.3) is 0 Å². The number of likely N-dealkylation sites (N-methyl/N-ethyl adjacent to an activating group) is 1. The van der Waals surface area contributed by atoms with Gasteiger partial charge in [0.25, 0.3) is 5.69 Å². The predicted octanol–water partition coefficient (Wildman–Crippen LogP) is 1.05. The highest BCUT2D eigenvalue weighted by Crippen LogP contribution is 2.15. The lowest BCUT2D eigenvalue weighted by Gasteiger charge is -2.28. The Labute approximate surface area is 122 Å². The quantitative estimate of drug-likeness (QED) is 0.639. The Morgan fingerprint density at radius 1 is 1.52 bits per heavy atom. The highest BCUT2D eigenvalue weighted by Gasteiger charge is 2.18. The number of hydrogen-bond acceptors (Lipinski definition) is 5. The van der Waals surface area contributed by atoms with Crippen molar-refractivity contribution >= 4 is 17.4 Å². The van der Waals surface area contributed by atoms with Gasteiger partial charge in [-0.1, -0.05) is 0 Å². The third-order valence-electron chi connectivity index (χ3n) is 3.16. The number of ether oxygens (including phenoxy) is 1. The molecule has 1 aliphatic rings. The van der Waals surface area contributed by atoms with Crippen LogP contribution in [0, 0.1) is 10.1 Å². The molecule has 8 nitrogen and oxygen atoms in total. The van der Waals surface area contributed by atoms with Crippen LogP contribution in [0.3, 0.4) is 0 Å². The largest absolute Gasteiger partial charge is 0.374 e. The fourth-order valence-corrected chi connectivity index (χ4v) is 2.01. The molecule has 1 unspecified atom stereocenters. The molecule has 2 rings (SSSR count). The number of nitrogens with zero attached hydrogens (tertiary/aromatic N) is 2. The van der Waals surface area contributed by atoms with Gasteiger partial charge in [0.1, 0.15) is 0 Å². The molecule has 1 aromatic carbocycles. The van der Waals surface area contributed by atoms with Crippen LogP contribution in [0.5, 0.6) is 0 Å². The molecule has 0 radical (unpaired) electrons. The molecule has 0 saturated carbocycles. The lowest BCUT2D eigenvalue weighted by molar-refractivity contribution is -0.384. The second-order valence-electron chi connectivity index (χ2n) is 4.81. The number of nitrogens with one attached hydrogen (secondary N) is 2. The maximum atomic E-state index is 12.0. The first-order valence-electron chi connectivity index (χ1n) is 6.65. The molecule has 0 spiro atoms. The third kappa shape index (κ3) is 4.40. The van der Waals surface area contributed by atoms with E-state index in [2.05, 4.69) is 10.6 Å². The molecule has 2 N–H and O–H groups in total. The lowest BCUT2D eigenvalue weighted by Crippen LogP contribution is -2.46. The minimum absolute atomic E-state index is 0.0111. The highest BCUT2D eigenvalue weighted by molar-refractivity contribution is 5.89. The minimum Gasteiger partial charge on any atom is -0.374 e. The topological polar surface area (TPSA) is 96.7 Å². The van der Waals surface area contributed by atoms with E-state index < -0.39 is 4.92 Å². The van der Waals surface area contributed by atoms with E-state index >= 15 is 0 Å². The van der Waals surface area contributed by atoms with Gasteiger partial charge in [0.05, 0.1) is 17.6 Å². The number of anilines is 1. The van der Waals surface area contributed by atoms with Crippen molar-refractivity contribution in [2.24, 2.45) is 0 Å². The number of hydrogen-bond donors (Lipinski definition) is 2. The van der Waals surface area contributed by atoms with Crippen molar-refractivity contribution in [1.82, 2.24) is 10.2 Å². The average Bonchev–Trinajstić information content (AvgIpc) is 2.48. The Kier molecular flexibility index (Phi) is 5.07. The van der Waals surface area contributed by atoms with Crippen molar-refractivity contribution in [3.05, 3.63) is 34.4 Å². The summed E-state index contributed by atoms with van der Waals surface area (Å²) in [7, 11) is 1.68. The van der Waals surface area contributed by atoms with Crippen LogP contribution in [0.2, 0.25) is 0 Å². The summed E-state index contributed by atoms with van der Waals surface area (Å²) in [5, 5.41) is 16.4. The van der Waals surface area contributed by atoms with Crippen molar-refractivity contribution in [3.8, 4) is 0 Å². The second kappa shape index (κ2) is 7.00. The summed E-state index contributed by atoms with van der Waals surface area (Å²) in [5.41, 5.74) is 0.503. The Morgan fingerprint density at radius 2 is 2.24 bits per heavy atom. The van der Waals surface area contributed by atoms with Gasteiger partial charge in [0.2, 0.25) is 0 Å². The molecule has 1 heterocycles. The Hall–Kier alpha value is -2.19. The number of rotatable bonds is 4. The van der Waals surface area contributed by atoms with Gasteiger partial charge in [0.15, 0.2) is 0 Å². The molecule has 2 amide bonds. The van der Waals surface area contributed by atoms with E-state index in [1.165, 1.54) is 29.2 Å². The Bertz CT molecular complexity index is 499. The minimum atomic E-state index is -0.481. The zero-order valence-corrected chi connectivity index (χ0v) is 11.7. The number of nitro groups is 1. The number of carbonyl (C=O) groups is 1. The number of non-ortho nitro benzene ring substituents is 1. The van der Waals surface area contributed by atoms with E-state index in [9.17, 15) is 14.9 Å². The van der Waals surface area contributed by atoms with Crippen molar-refractivity contribution in [1.29, 1.82) is 0 Å². The number of urea groups is 1. The summed E-state index contributed by atoms with van der Waals surface area (Å²) in [6.07, 6.45) is -0.0219. The molecule has 1 aromatic rings. The van der Waals surface area contributed by atoms with E-state index in [1.807, 2.05) is 0 Å². The summed E-state index contributed by atoms with van der Waals surface area (Å²) in [6, 6.07) is 5.43. The molecule has 1 atom stereocenters. The van der Waals surface area contributed by atoms with Gasteiger partial charge in [-0.2, -0.15) is 0 Å². The molecular weight excluding hydrogens is 276 g/mol. The summed E-state index contributed by atoms with van der Waals surface area (Å²) in [5.74, 6) is 0. The van der Waals surface area contributed by atoms with Crippen LogP contribution < -0.4 is 10.6 Å². The Morgan fingerprint density at radius 3 is 2.81 bits per heavy atom. The van der Waals surface area contributed by atoms with Gasteiger partial charge in [-0.05, 0) is 12.1 Å². The molecule has 0 aliphatic carbocycles. The van der Waals surface area contributed by atoms with E-state index in [4.69, 9.17) is 4.74 Å². The van der Waals surface area contributed by atoms with Gasteiger partial charge >= 0.3 is 6.03 Å². The van der Waals surface area contributed by atoms with E-state index in [0.29, 0.717) is 18.8 Å². The molecular formula is C13H18N4O4. The molecule has 21 heavy (non-hydrogen) atoms. The molecule has 8 heteroatoms. The van der Waals surface area contributed by atoms with E-state index in [-0.39, 0.29) is 17.8 Å². The van der Waals surface area contributed by atoms with Gasteiger partial charge in [-0.15, -0.1) is 0 Å². The highest BCUT2D eigenvalue weighted by atomic mass is 16.6. The molecule has 1 saturated heterocycles. The number of carbonyl (C=O) groups excluding carboxylic acids is 1. The number of morpholine rings is 1. The zero-order chi connectivity index (χ0) is 15.2. The number of benzene rings is 1. The predicted molar refractivity (Wildman–Crippen MR) is 77.4 cm³/mol. The first-order valence-corrected chi connectivity index (χ1v) is 6.65. The molecule has 0 bridgehead atoms. The monoisotopic (exact) mass is 294 g/mol. The maximum absolute atomic E-state index is 12.0. The molecule has 1 fully saturated rings. The van der Waals surface area contributed by atoms with Crippen LogP contribution in [-0.4, -0.2) is 55.2 Å². The normalized spacial score (nSPS) is 18.0. The van der Waals surface area contributed by atoms with Crippen LogP contribution >= 0.6 is 0 Å². The van der Waals surface area contributed by atoms with Gasteiger partial charge in [-0.3, -0.25) is 10.1 Å². The van der Waals surface area contributed by atoms with Crippen molar-refractivity contribution in [2.75, 3.05) is 38.6 Å². The SMILES string of the molecule is CN(CC1CNCCO1)C(=O)Nc1ccc([N+](=O)[O-])cc1. The fourth-order valence-electron chi connectivity index (χ4n) is 2.01. The average molecular weight is 294 g/mol. The maximum Gasteiger partial charge on any atom is 0.321 e. The number of nitro benzene ring substituents is 1. The van der Waals surface area contributed by atoms with Crippen LogP contribution in [0.1, 0.15) is 0 Å². The van der Waals surface area contributed by atoms with Crippen LogP contribution in [-0.2, 0) is 4.74 Å². The smallest absolute Gasteiger partial charge is 0.321 e. The van der Waals surface area contributed by atoms with Crippen LogP contribution in [0.15, 0.2) is 24.3 Å². The van der Waals surface area contributed by atoms with E-state index in [1.54, 1.807) is 7.05 Å². The standard InChI is InChI=1S/C13H18N4O4/c1-16(9-12-8-14-6-7-21-12)13(18)15-10-2-4-11(5-3-10)17(19)20/h2-5,12,14H,6-9H2,1H3,(H,15,18). The summed E-state index contributed by atoms with van der Waals surface area (Å²) in [6.45, 7) is 2.67. The molecule has 114 valence electrons. The first-order chi connectivity index (χ1) is 10.1. The van der Waals surface area contributed by atoms with Gasteiger partial charge in [0, 0.05) is 44.5 Å². The van der Waals surface area contributed by atoms with Crippen LogP contribution in [0.4, 0.5) is 16.2 Å².